The van der Waals surface area contributed by atoms with E-state index >= 15 is 0 Å². The Kier molecular flexibility index (Phi) is 5.30. The van der Waals surface area contributed by atoms with Gasteiger partial charge in [-0.25, -0.2) is 0 Å². The second kappa shape index (κ2) is 7.10. The second-order valence-corrected chi connectivity index (χ2v) is 11.9. The minimum atomic E-state index is 0.0689. The maximum atomic E-state index is 11.0. The third-order valence-corrected chi connectivity index (χ3v) is 11.3. The number of hydrogen-bond donors (Lipinski definition) is 1. The monoisotopic (exact) mass is 387 g/mol. The Balaban J connectivity index is 1.72. The van der Waals surface area contributed by atoms with Crippen LogP contribution in [0.25, 0.3) is 0 Å². The molecule has 4 saturated carbocycles. The van der Waals surface area contributed by atoms with Crippen molar-refractivity contribution >= 4 is 6.29 Å². The molecule has 28 heavy (non-hydrogen) atoms. The molecule has 0 radical (unpaired) electrons. The first kappa shape index (κ1) is 20.9. The highest BCUT2D eigenvalue weighted by Gasteiger charge is 2.72. The van der Waals surface area contributed by atoms with Crippen molar-refractivity contribution in [2.24, 2.45) is 45.7 Å². The van der Waals surface area contributed by atoms with Gasteiger partial charge < -0.3 is 10.5 Å². The van der Waals surface area contributed by atoms with Gasteiger partial charge in [0.2, 0.25) is 0 Å². The molecule has 1 spiro atoms. The number of hydrogen-bond acceptors (Lipinski definition) is 2. The van der Waals surface area contributed by atoms with E-state index in [1.54, 1.807) is 0 Å². The van der Waals surface area contributed by atoms with Gasteiger partial charge in [-0.2, -0.15) is 0 Å². The summed E-state index contributed by atoms with van der Waals surface area (Å²) in [7, 11) is 0. The first-order valence-electron chi connectivity index (χ1n) is 12.5. The summed E-state index contributed by atoms with van der Waals surface area (Å²) in [6, 6.07) is 0. The smallest absolute Gasteiger partial charge is 0.120 e. The van der Waals surface area contributed by atoms with Crippen molar-refractivity contribution in [2.75, 3.05) is 0 Å². The quantitative estimate of drug-likeness (QED) is 0.546. The lowest BCUT2D eigenvalue weighted by Crippen LogP contribution is -2.63. The van der Waals surface area contributed by atoms with Crippen molar-refractivity contribution in [2.45, 2.75) is 117 Å². The highest BCUT2D eigenvalue weighted by atomic mass is 16.1. The van der Waals surface area contributed by atoms with Gasteiger partial charge in [-0.3, -0.25) is 0 Å². The summed E-state index contributed by atoms with van der Waals surface area (Å²) >= 11 is 0. The Labute approximate surface area is 173 Å². The summed E-state index contributed by atoms with van der Waals surface area (Å²) in [6.45, 7) is 10.1. The summed E-state index contributed by atoms with van der Waals surface area (Å²) in [5.41, 5.74) is 8.73. The second-order valence-electron chi connectivity index (χ2n) is 11.9. The molecule has 2 N–H and O–H groups in total. The molecule has 4 aliphatic carbocycles. The van der Waals surface area contributed by atoms with E-state index in [1.165, 1.54) is 70.6 Å². The maximum Gasteiger partial charge on any atom is 0.120 e. The predicted molar refractivity (Wildman–Crippen MR) is 117 cm³/mol. The maximum absolute atomic E-state index is 11.0. The van der Waals surface area contributed by atoms with Crippen molar-refractivity contribution in [1.29, 1.82) is 0 Å². The number of rotatable bonds is 5. The molecule has 4 aliphatic rings. The van der Waals surface area contributed by atoms with Gasteiger partial charge in [-0.05, 0) is 91.3 Å². The van der Waals surface area contributed by atoms with E-state index < -0.39 is 0 Å². The van der Waals surface area contributed by atoms with Gasteiger partial charge in [0, 0.05) is 12.0 Å². The molecule has 160 valence electrons. The molecule has 8 atom stereocenters. The summed E-state index contributed by atoms with van der Waals surface area (Å²) in [5, 5.41) is 0. The number of carbonyl (C=O) groups is 1. The van der Waals surface area contributed by atoms with Crippen molar-refractivity contribution in [3.05, 3.63) is 0 Å². The molecular formula is C26H45NO. The highest BCUT2D eigenvalue weighted by Crippen LogP contribution is 2.77. The molecule has 0 aromatic heterocycles. The van der Waals surface area contributed by atoms with Crippen LogP contribution in [-0.2, 0) is 4.79 Å². The van der Waals surface area contributed by atoms with Gasteiger partial charge in [0.25, 0.3) is 0 Å². The van der Waals surface area contributed by atoms with Crippen LogP contribution in [0.2, 0.25) is 0 Å². The first-order valence-corrected chi connectivity index (χ1v) is 12.5. The van der Waals surface area contributed by atoms with Crippen molar-refractivity contribution in [3.63, 3.8) is 0 Å². The van der Waals surface area contributed by atoms with Crippen LogP contribution < -0.4 is 5.73 Å². The Bertz CT molecular complexity index is 603. The fourth-order valence-electron chi connectivity index (χ4n) is 9.99. The zero-order valence-corrected chi connectivity index (χ0v) is 19.1. The molecule has 6 unspecified atom stereocenters. The van der Waals surface area contributed by atoms with Crippen molar-refractivity contribution in [3.8, 4) is 0 Å². The van der Waals surface area contributed by atoms with Gasteiger partial charge in [-0.15, -0.1) is 0 Å². The SMILES string of the molecule is CC[C@H]1CC2(CCCC3(C)C([C@H](C)CCC=O)CCC32)C2(C)CCCCC12N. The van der Waals surface area contributed by atoms with E-state index in [-0.39, 0.29) is 5.54 Å². The molecule has 0 aromatic carbocycles. The minimum Gasteiger partial charge on any atom is -0.324 e. The van der Waals surface area contributed by atoms with Gasteiger partial charge >= 0.3 is 0 Å². The normalized spacial score (nSPS) is 51.7. The van der Waals surface area contributed by atoms with E-state index in [4.69, 9.17) is 5.73 Å². The molecule has 2 heteroatoms. The van der Waals surface area contributed by atoms with Crippen LogP contribution in [0.5, 0.6) is 0 Å². The average molecular weight is 388 g/mol. The number of aldehydes is 1. The predicted octanol–water partition coefficient (Wildman–Crippen LogP) is 6.51. The van der Waals surface area contributed by atoms with Crippen LogP contribution in [0.15, 0.2) is 0 Å². The topological polar surface area (TPSA) is 43.1 Å². The standard InChI is InChI=1S/C26H45NO/c1-5-20-18-25(24(4)14-6-7-16-26(20,24)27)15-9-13-23(3)21(11-12-22(23)25)19(2)10-8-17-28/h17,19-22H,5-16,18,27H2,1-4H3/t19-,20+,21?,22?,23?,24?,25?,26?/m1/s1. The Hall–Kier alpha value is -0.370. The Morgan fingerprint density at radius 3 is 2.54 bits per heavy atom. The molecule has 0 aromatic rings. The third kappa shape index (κ3) is 2.51. The molecule has 0 saturated heterocycles. The van der Waals surface area contributed by atoms with Crippen LogP contribution in [0, 0.1) is 39.9 Å². The van der Waals surface area contributed by atoms with Crippen LogP contribution in [0.3, 0.4) is 0 Å². The van der Waals surface area contributed by atoms with Crippen LogP contribution in [0.4, 0.5) is 0 Å². The first-order chi connectivity index (χ1) is 13.3. The van der Waals surface area contributed by atoms with Gasteiger partial charge in [0.1, 0.15) is 6.29 Å². The molecule has 0 aliphatic heterocycles. The molecule has 4 fully saturated rings. The fourth-order valence-corrected chi connectivity index (χ4v) is 9.99. The number of carbonyl (C=O) groups excluding carboxylic acids is 1. The van der Waals surface area contributed by atoms with E-state index in [9.17, 15) is 4.79 Å². The van der Waals surface area contributed by atoms with Crippen LogP contribution >= 0.6 is 0 Å². The zero-order chi connectivity index (χ0) is 20.2. The molecular weight excluding hydrogens is 342 g/mol. The van der Waals surface area contributed by atoms with Gasteiger partial charge in [-0.1, -0.05) is 53.4 Å². The van der Waals surface area contributed by atoms with Gasteiger partial charge in [0.15, 0.2) is 0 Å². The lowest BCUT2D eigenvalue weighted by atomic mass is 9.43. The number of nitrogens with two attached hydrogens (primary N) is 1. The van der Waals surface area contributed by atoms with E-state index in [0.717, 1.165) is 31.0 Å². The van der Waals surface area contributed by atoms with E-state index in [2.05, 4.69) is 27.7 Å². The van der Waals surface area contributed by atoms with Crippen LogP contribution in [0.1, 0.15) is 111 Å². The van der Waals surface area contributed by atoms with Gasteiger partial charge in [0.05, 0.1) is 0 Å². The van der Waals surface area contributed by atoms with Crippen LogP contribution in [-0.4, -0.2) is 11.8 Å². The Morgan fingerprint density at radius 1 is 1.07 bits per heavy atom. The molecule has 0 heterocycles. The summed E-state index contributed by atoms with van der Waals surface area (Å²) in [5.74, 6) is 3.04. The lowest BCUT2D eigenvalue weighted by Gasteiger charge is -2.62. The minimum absolute atomic E-state index is 0.0689. The molecule has 4 rings (SSSR count). The summed E-state index contributed by atoms with van der Waals surface area (Å²) in [4.78, 5) is 11.0. The van der Waals surface area contributed by atoms with E-state index in [1.807, 2.05) is 0 Å². The molecule has 0 bridgehead atoms. The summed E-state index contributed by atoms with van der Waals surface area (Å²) < 4.78 is 0. The lowest BCUT2D eigenvalue weighted by molar-refractivity contribution is -0.120. The number of fused-ring (bicyclic) bond motifs is 4. The largest absolute Gasteiger partial charge is 0.324 e. The van der Waals surface area contributed by atoms with E-state index in [0.29, 0.717) is 28.1 Å². The fraction of sp³-hybridized carbons (Fsp3) is 0.962. The average Bonchev–Trinajstić information content (AvgIpc) is 3.12. The third-order valence-electron chi connectivity index (χ3n) is 11.3. The molecule has 0 amide bonds. The molecule has 2 nitrogen and oxygen atoms in total. The van der Waals surface area contributed by atoms with Crippen molar-refractivity contribution in [1.82, 2.24) is 0 Å². The Morgan fingerprint density at radius 2 is 1.82 bits per heavy atom. The summed E-state index contributed by atoms with van der Waals surface area (Å²) in [6.07, 6.45) is 18.0. The highest BCUT2D eigenvalue weighted by molar-refractivity contribution is 5.49. The zero-order valence-electron chi connectivity index (χ0n) is 19.1. The van der Waals surface area contributed by atoms with Crippen molar-refractivity contribution < 1.29 is 4.79 Å².